The van der Waals surface area contributed by atoms with Gasteiger partial charge in [-0.2, -0.15) is 17.5 Å². The van der Waals surface area contributed by atoms with E-state index < -0.39 is 61.8 Å². The van der Waals surface area contributed by atoms with Gasteiger partial charge in [0, 0.05) is 42.2 Å². The highest BCUT2D eigenvalue weighted by Gasteiger charge is 2.43. The first kappa shape index (κ1) is 29.5. The lowest BCUT2D eigenvalue weighted by Gasteiger charge is -2.37. The Morgan fingerprint density at radius 3 is 2.36 bits per heavy atom. The van der Waals surface area contributed by atoms with E-state index in [4.69, 9.17) is 4.42 Å². The van der Waals surface area contributed by atoms with Gasteiger partial charge in [0.05, 0.1) is 17.3 Å². The molecule has 222 valence electrons. The lowest BCUT2D eigenvalue weighted by molar-refractivity contribution is -0.137. The van der Waals surface area contributed by atoms with Crippen LogP contribution in [-0.2, 0) is 27.4 Å². The molecular weight excluding hydrogens is 582 g/mol. The Kier molecular flexibility index (Phi) is 7.47. The van der Waals surface area contributed by atoms with Crippen LogP contribution in [0.1, 0.15) is 43.9 Å². The highest BCUT2D eigenvalue weighted by atomic mass is 32.2. The summed E-state index contributed by atoms with van der Waals surface area (Å²) in [5.41, 5.74) is -1.99. The molecule has 42 heavy (non-hydrogen) atoms. The lowest BCUT2D eigenvalue weighted by Crippen LogP contribution is -2.55. The zero-order valence-corrected chi connectivity index (χ0v) is 23.2. The van der Waals surface area contributed by atoms with Crippen LogP contribution in [0.25, 0.3) is 16.7 Å². The average Bonchev–Trinajstić information content (AvgIpc) is 3.31. The molecule has 0 spiro atoms. The van der Waals surface area contributed by atoms with Gasteiger partial charge in [-0.25, -0.2) is 17.6 Å². The van der Waals surface area contributed by atoms with Crippen LogP contribution in [-0.4, -0.2) is 40.2 Å². The summed E-state index contributed by atoms with van der Waals surface area (Å²) in [6, 6.07) is 7.01. The van der Waals surface area contributed by atoms with Gasteiger partial charge >= 0.3 is 11.9 Å². The molecule has 1 atom stereocenters. The lowest BCUT2D eigenvalue weighted by atomic mass is 9.97. The van der Waals surface area contributed by atoms with E-state index in [1.165, 1.54) is 18.3 Å². The molecule has 1 aliphatic heterocycles. The first-order valence-corrected chi connectivity index (χ1v) is 14.4. The van der Waals surface area contributed by atoms with Crippen LogP contribution in [0.4, 0.5) is 17.6 Å². The Balaban J connectivity index is 1.38. The van der Waals surface area contributed by atoms with Crippen molar-refractivity contribution in [2.45, 2.75) is 56.5 Å². The van der Waals surface area contributed by atoms with Crippen LogP contribution >= 0.6 is 0 Å². The van der Waals surface area contributed by atoms with Crippen molar-refractivity contribution < 1.29 is 35.2 Å². The molecule has 4 aromatic rings. The maximum atomic E-state index is 13.5. The summed E-state index contributed by atoms with van der Waals surface area (Å²) in [6.45, 7) is 3.25. The van der Waals surface area contributed by atoms with Gasteiger partial charge in [-0.1, -0.05) is 0 Å². The van der Waals surface area contributed by atoms with Crippen molar-refractivity contribution >= 4 is 26.8 Å². The number of sulfonamides is 1. The first-order chi connectivity index (χ1) is 19.7. The fourth-order valence-electron chi connectivity index (χ4n) is 4.88. The van der Waals surface area contributed by atoms with E-state index in [1.807, 2.05) is 0 Å². The zero-order valence-electron chi connectivity index (χ0n) is 22.4. The number of furan rings is 1. The molecule has 0 aliphatic carbocycles. The molecule has 0 amide bonds. The van der Waals surface area contributed by atoms with Crippen molar-refractivity contribution in [1.29, 1.82) is 0 Å². The number of halogens is 4. The van der Waals surface area contributed by atoms with Crippen molar-refractivity contribution in [3.63, 3.8) is 0 Å². The molecule has 0 saturated carbocycles. The maximum absolute atomic E-state index is 13.5. The van der Waals surface area contributed by atoms with E-state index in [0.29, 0.717) is 0 Å². The van der Waals surface area contributed by atoms with Crippen molar-refractivity contribution in [3.8, 4) is 5.69 Å². The fraction of sp³-hybridized carbons (Fsp3) is 0.321. The number of ketones is 1. The number of fused-ring (bicyclic) bond motifs is 1. The number of hydrogen-bond donors (Lipinski definition) is 0. The fourth-order valence-corrected chi connectivity index (χ4v) is 6.48. The molecule has 1 saturated heterocycles. The molecule has 0 bridgehead atoms. The third kappa shape index (κ3) is 5.31. The molecule has 3 heterocycles. The standard InChI is InChI=1S/C28H25F4N3O6S/c1-16(2)35-26(37)17(15-33(27(35)38)21-7-4-19(5-8-21)28(30,31)32)3-9-23(36)22-11-12-34(22)42(39,40)25-14-18-13-20(29)6-10-24(18)41-25/h4-8,10,13-16,22H,3,9,11-12H2,1-2H3/t22-/m0/s1. The van der Waals surface area contributed by atoms with Gasteiger partial charge in [-0.05, 0) is 69.2 Å². The van der Waals surface area contributed by atoms with E-state index in [-0.39, 0.29) is 48.0 Å². The molecule has 0 N–H and O–H groups in total. The monoisotopic (exact) mass is 607 g/mol. The van der Waals surface area contributed by atoms with Crippen LogP contribution < -0.4 is 11.2 Å². The molecular formula is C28H25F4N3O6S. The number of carbonyl (C=O) groups is 1. The van der Waals surface area contributed by atoms with Crippen LogP contribution in [0.3, 0.4) is 0 Å². The molecule has 0 radical (unpaired) electrons. The van der Waals surface area contributed by atoms with E-state index in [1.54, 1.807) is 13.8 Å². The largest absolute Gasteiger partial charge is 0.443 e. The molecule has 0 unspecified atom stereocenters. The van der Waals surface area contributed by atoms with Gasteiger partial charge in [0.25, 0.3) is 15.6 Å². The third-order valence-corrected chi connectivity index (χ3v) is 8.95. The summed E-state index contributed by atoms with van der Waals surface area (Å²) < 4.78 is 87.3. The third-order valence-electron chi connectivity index (χ3n) is 7.18. The van der Waals surface area contributed by atoms with Crippen LogP contribution in [0.2, 0.25) is 0 Å². The Morgan fingerprint density at radius 2 is 1.76 bits per heavy atom. The Morgan fingerprint density at radius 1 is 1.07 bits per heavy atom. The van der Waals surface area contributed by atoms with Gasteiger partial charge in [0.2, 0.25) is 5.09 Å². The number of rotatable bonds is 8. The normalized spacial score (nSPS) is 16.2. The molecule has 14 heteroatoms. The number of alkyl halides is 3. The van der Waals surface area contributed by atoms with Gasteiger partial charge in [0.1, 0.15) is 11.4 Å². The number of aryl methyl sites for hydroxylation is 1. The highest BCUT2D eigenvalue weighted by molar-refractivity contribution is 7.89. The van der Waals surface area contributed by atoms with Crippen molar-refractivity contribution in [2.75, 3.05) is 6.54 Å². The van der Waals surface area contributed by atoms with E-state index >= 15 is 0 Å². The zero-order chi connectivity index (χ0) is 30.6. The molecule has 5 rings (SSSR count). The number of hydrogen-bond acceptors (Lipinski definition) is 6. The summed E-state index contributed by atoms with van der Waals surface area (Å²) in [5.74, 6) is -1.03. The van der Waals surface area contributed by atoms with Crippen molar-refractivity contribution in [1.82, 2.24) is 13.4 Å². The summed E-state index contributed by atoms with van der Waals surface area (Å²) in [5, 5.41) is -0.175. The quantitative estimate of drug-likeness (QED) is 0.274. The number of aromatic nitrogens is 2. The molecule has 2 aromatic heterocycles. The summed E-state index contributed by atoms with van der Waals surface area (Å²) in [6.07, 6.45) is -3.51. The number of nitrogens with zero attached hydrogens (tertiary/aromatic N) is 3. The number of Topliss-reactive ketones (excluding diaryl/α,β-unsaturated/α-hetero) is 1. The second-order valence-corrected chi connectivity index (χ2v) is 12.1. The molecule has 1 fully saturated rings. The minimum Gasteiger partial charge on any atom is -0.443 e. The van der Waals surface area contributed by atoms with Crippen molar-refractivity contribution in [2.24, 2.45) is 0 Å². The SMILES string of the molecule is CC(C)n1c(=O)c(CCC(=O)[C@@H]2CCN2S(=O)(=O)c2cc3cc(F)ccc3o2)cn(-c2ccc(C(F)(F)F)cc2)c1=O. The van der Waals surface area contributed by atoms with E-state index in [2.05, 4.69) is 0 Å². The van der Waals surface area contributed by atoms with E-state index in [0.717, 1.165) is 49.8 Å². The Labute approximate surface area is 236 Å². The van der Waals surface area contributed by atoms with Gasteiger partial charge in [-0.3, -0.25) is 18.7 Å². The van der Waals surface area contributed by atoms with Gasteiger partial charge in [-0.15, -0.1) is 0 Å². The average molecular weight is 608 g/mol. The molecule has 2 aromatic carbocycles. The Hall–Kier alpha value is -4.04. The Bertz CT molecular complexity index is 1910. The van der Waals surface area contributed by atoms with E-state index in [9.17, 15) is 40.4 Å². The maximum Gasteiger partial charge on any atom is 0.416 e. The summed E-state index contributed by atoms with van der Waals surface area (Å²) in [4.78, 5) is 39.3. The van der Waals surface area contributed by atoms with Crippen LogP contribution in [0.5, 0.6) is 0 Å². The minimum absolute atomic E-state index is 0.0586. The summed E-state index contributed by atoms with van der Waals surface area (Å²) in [7, 11) is -4.21. The van der Waals surface area contributed by atoms with Crippen LogP contribution in [0, 0.1) is 5.82 Å². The van der Waals surface area contributed by atoms with Gasteiger partial charge < -0.3 is 4.42 Å². The second-order valence-electron chi connectivity index (χ2n) is 10.3. The van der Waals surface area contributed by atoms with Crippen LogP contribution in [0.15, 0.2) is 73.8 Å². The second kappa shape index (κ2) is 10.7. The predicted molar refractivity (Wildman–Crippen MR) is 143 cm³/mol. The van der Waals surface area contributed by atoms with Gasteiger partial charge in [0.15, 0.2) is 5.78 Å². The molecule has 9 nitrogen and oxygen atoms in total. The first-order valence-electron chi connectivity index (χ1n) is 13.0. The van der Waals surface area contributed by atoms with Crippen molar-refractivity contribution in [3.05, 3.63) is 92.5 Å². The number of carbonyl (C=O) groups excluding carboxylic acids is 1. The number of benzene rings is 2. The smallest absolute Gasteiger partial charge is 0.416 e. The minimum atomic E-state index is -4.57. The molecule has 1 aliphatic rings. The summed E-state index contributed by atoms with van der Waals surface area (Å²) >= 11 is 0. The highest BCUT2D eigenvalue weighted by Crippen LogP contribution is 2.32. The predicted octanol–water partition coefficient (Wildman–Crippen LogP) is 4.45. The topological polar surface area (TPSA) is 112 Å².